The third-order valence-corrected chi connectivity index (χ3v) is 4.85. The molecule has 3 rings (SSSR count). The van der Waals surface area contributed by atoms with Crippen LogP contribution in [0.1, 0.15) is 10.4 Å². The Labute approximate surface area is 153 Å². The number of anilines is 1. The zero-order chi connectivity index (χ0) is 16.8. The van der Waals surface area contributed by atoms with Crippen molar-refractivity contribution in [3.8, 4) is 0 Å². The molecule has 1 amide bonds. The number of carbonyl (C=O) groups is 1. The quantitative estimate of drug-likeness (QED) is 0.536. The molecule has 3 nitrogen and oxygen atoms in total. The molecule has 122 valence electrons. The van der Waals surface area contributed by atoms with Crippen LogP contribution in [0.5, 0.6) is 0 Å². The zero-order valence-corrected chi connectivity index (χ0v) is 15.3. The van der Waals surface area contributed by atoms with Crippen molar-refractivity contribution in [2.24, 2.45) is 0 Å². The predicted molar refractivity (Wildman–Crippen MR) is 101 cm³/mol. The van der Waals surface area contributed by atoms with E-state index in [9.17, 15) is 4.79 Å². The molecule has 0 atom stereocenters. The van der Waals surface area contributed by atoms with Crippen LogP contribution in [0.4, 0.5) is 10.5 Å². The third kappa shape index (κ3) is 4.46. The van der Waals surface area contributed by atoms with Gasteiger partial charge in [-0.2, -0.15) is 0 Å². The van der Waals surface area contributed by atoms with Crippen LogP contribution in [-0.4, -0.2) is 6.09 Å². The van der Waals surface area contributed by atoms with E-state index >= 15 is 0 Å². The van der Waals surface area contributed by atoms with E-state index in [0.717, 1.165) is 20.6 Å². The number of hydrogen-bond donors (Lipinski definition) is 0. The monoisotopic (exact) mass is 401 g/mol. The number of ether oxygens (including phenoxy) is 1. The molecule has 0 spiro atoms. The van der Waals surface area contributed by atoms with Crippen molar-refractivity contribution in [3.05, 3.63) is 87.0 Å². The summed E-state index contributed by atoms with van der Waals surface area (Å²) in [6.45, 7) is 0.754. The summed E-state index contributed by atoms with van der Waals surface area (Å²) in [5.41, 5.74) is 1.78. The topological polar surface area (TPSA) is 29.5 Å². The van der Waals surface area contributed by atoms with Crippen molar-refractivity contribution >= 4 is 39.0 Å². The fraction of sp³-hybridized carbons (Fsp3) is 0.105. The molecular weight excluding hydrogens is 386 g/mol. The lowest BCUT2D eigenvalue weighted by molar-refractivity contribution is 0.146. The highest BCUT2D eigenvalue weighted by atomic mass is 79.9. The molecule has 1 aromatic heterocycles. The van der Waals surface area contributed by atoms with Crippen LogP contribution < -0.4 is 4.90 Å². The molecule has 0 unspecified atom stereocenters. The molecule has 0 saturated carbocycles. The molecule has 24 heavy (non-hydrogen) atoms. The Hall–Kier alpha value is -2.11. The number of rotatable bonds is 5. The maximum Gasteiger partial charge on any atom is 0.414 e. The largest absolute Gasteiger partial charge is 0.444 e. The molecule has 0 bridgehead atoms. The molecular formula is C19H16BrNO2S. The highest BCUT2D eigenvalue weighted by Crippen LogP contribution is 2.23. The predicted octanol–water partition coefficient (Wildman–Crippen LogP) is 5.85. The molecule has 0 saturated heterocycles. The smallest absolute Gasteiger partial charge is 0.414 e. The van der Waals surface area contributed by atoms with Crippen LogP contribution in [0.25, 0.3) is 0 Å². The summed E-state index contributed by atoms with van der Waals surface area (Å²) >= 11 is 5.04. The van der Waals surface area contributed by atoms with Gasteiger partial charge in [0.05, 0.1) is 6.54 Å². The minimum absolute atomic E-state index is 0.261. The maximum atomic E-state index is 12.6. The summed E-state index contributed by atoms with van der Waals surface area (Å²) in [6.07, 6.45) is -0.352. The Morgan fingerprint density at radius 2 is 1.75 bits per heavy atom. The van der Waals surface area contributed by atoms with Crippen molar-refractivity contribution in [1.82, 2.24) is 0 Å². The summed E-state index contributed by atoms with van der Waals surface area (Å²) < 4.78 is 6.48. The van der Waals surface area contributed by atoms with Gasteiger partial charge in [-0.15, -0.1) is 11.3 Å². The van der Waals surface area contributed by atoms with E-state index in [0.29, 0.717) is 6.54 Å². The van der Waals surface area contributed by atoms with Gasteiger partial charge < -0.3 is 4.74 Å². The van der Waals surface area contributed by atoms with E-state index in [4.69, 9.17) is 4.74 Å². The minimum Gasteiger partial charge on any atom is -0.444 e. The van der Waals surface area contributed by atoms with Gasteiger partial charge in [-0.05, 0) is 41.3 Å². The first-order valence-electron chi connectivity index (χ1n) is 7.48. The second kappa shape index (κ2) is 8.13. The second-order valence-corrected chi connectivity index (χ2v) is 7.13. The van der Waals surface area contributed by atoms with Gasteiger partial charge in [0.2, 0.25) is 0 Å². The Bertz CT molecular complexity index is 773. The molecule has 0 aliphatic carbocycles. The summed E-state index contributed by atoms with van der Waals surface area (Å²) in [5.74, 6) is 0. The van der Waals surface area contributed by atoms with Crippen LogP contribution in [0, 0.1) is 0 Å². The van der Waals surface area contributed by atoms with E-state index in [1.165, 1.54) is 0 Å². The van der Waals surface area contributed by atoms with E-state index in [1.807, 2.05) is 72.1 Å². The average molecular weight is 402 g/mol. The highest BCUT2D eigenvalue weighted by Gasteiger charge is 2.18. The van der Waals surface area contributed by atoms with Crippen molar-refractivity contribution in [2.75, 3.05) is 4.90 Å². The molecule has 0 aliphatic rings. The van der Waals surface area contributed by atoms with Crippen LogP contribution in [0.15, 0.2) is 76.6 Å². The van der Waals surface area contributed by atoms with Gasteiger partial charge >= 0.3 is 6.09 Å². The number of nitrogens with zero attached hydrogens (tertiary/aromatic N) is 1. The minimum atomic E-state index is -0.352. The SMILES string of the molecule is O=C(OCc1ccccc1)N(Cc1cccs1)c1ccc(Br)cc1. The Balaban J connectivity index is 1.75. The van der Waals surface area contributed by atoms with E-state index in [-0.39, 0.29) is 12.7 Å². The zero-order valence-electron chi connectivity index (χ0n) is 12.9. The lowest BCUT2D eigenvalue weighted by Gasteiger charge is -2.22. The van der Waals surface area contributed by atoms with Gasteiger partial charge in [-0.25, -0.2) is 4.79 Å². The Morgan fingerprint density at radius 1 is 1.00 bits per heavy atom. The Morgan fingerprint density at radius 3 is 2.42 bits per heavy atom. The fourth-order valence-electron chi connectivity index (χ4n) is 2.24. The molecule has 1 heterocycles. The number of thiophene rings is 1. The first kappa shape index (κ1) is 16.7. The average Bonchev–Trinajstić information content (AvgIpc) is 3.13. The van der Waals surface area contributed by atoms with Crippen molar-refractivity contribution in [2.45, 2.75) is 13.2 Å². The van der Waals surface area contributed by atoms with Gasteiger partial charge in [0.25, 0.3) is 0 Å². The molecule has 0 fully saturated rings. The van der Waals surface area contributed by atoms with Gasteiger partial charge in [-0.1, -0.05) is 52.3 Å². The van der Waals surface area contributed by atoms with Gasteiger partial charge in [0.1, 0.15) is 6.61 Å². The van der Waals surface area contributed by atoms with Crippen molar-refractivity contribution in [1.29, 1.82) is 0 Å². The van der Waals surface area contributed by atoms with E-state index in [1.54, 1.807) is 16.2 Å². The number of hydrogen-bond acceptors (Lipinski definition) is 3. The number of benzene rings is 2. The molecule has 2 aromatic carbocycles. The first-order valence-corrected chi connectivity index (χ1v) is 9.16. The third-order valence-electron chi connectivity index (χ3n) is 3.46. The lowest BCUT2D eigenvalue weighted by atomic mass is 10.2. The standard InChI is InChI=1S/C19H16BrNO2S/c20-16-8-10-17(11-9-16)21(13-18-7-4-12-24-18)19(22)23-14-15-5-2-1-3-6-15/h1-12H,13-14H2. The summed E-state index contributed by atoms with van der Waals surface area (Å²) in [4.78, 5) is 15.4. The summed E-state index contributed by atoms with van der Waals surface area (Å²) in [7, 11) is 0. The van der Waals surface area contributed by atoms with Gasteiger partial charge in [0, 0.05) is 15.0 Å². The Kier molecular flexibility index (Phi) is 5.67. The molecule has 0 N–H and O–H groups in total. The van der Waals surface area contributed by atoms with Crippen LogP contribution in [-0.2, 0) is 17.9 Å². The van der Waals surface area contributed by atoms with Gasteiger partial charge in [-0.3, -0.25) is 4.90 Å². The number of carbonyl (C=O) groups excluding carboxylic acids is 1. The number of amides is 1. The van der Waals surface area contributed by atoms with Crippen LogP contribution >= 0.6 is 27.3 Å². The number of halogens is 1. The summed E-state index contributed by atoms with van der Waals surface area (Å²) in [6, 6.07) is 21.3. The summed E-state index contributed by atoms with van der Waals surface area (Å²) in [5, 5.41) is 2.00. The van der Waals surface area contributed by atoms with Crippen molar-refractivity contribution in [3.63, 3.8) is 0 Å². The maximum absolute atomic E-state index is 12.6. The molecule has 5 heteroatoms. The van der Waals surface area contributed by atoms with Gasteiger partial charge in [0.15, 0.2) is 0 Å². The highest BCUT2D eigenvalue weighted by molar-refractivity contribution is 9.10. The molecule has 0 radical (unpaired) electrons. The first-order chi connectivity index (χ1) is 11.7. The van der Waals surface area contributed by atoms with Crippen LogP contribution in [0.2, 0.25) is 0 Å². The molecule has 0 aliphatic heterocycles. The molecule has 3 aromatic rings. The fourth-order valence-corrected chi connectivity index (χ4v) is 3.19. The van der Waals surface area contributed by atoms with Crippen molar-refractivity contribution < 1.29 is 9.53 Å². The van der Waals surface area contributed by atoms with E-state index in [2.05, 4.69) is 15.9 Å². The van der Waals surface area contributed by atoms with Crippen LogP contribution in [0.3, 0.4) is 0 Å². The second-order valence-electron chi connectivity index (χ2n) is 5.18. The van der Waals surface area contributed by atoms with E-state index < -0.39 is 0 Å². The lowest BCUT2D eigenvalue weighted by Crippen LogP contribution is -2.30. The normalized spacial score (nSPS) is 10.4.